The van der Waals surface area contributed by atoms with Crippen molar-refractivity contribution < 1.29 is 4.74 Å². The third kappa shape index (κ3) is 5.33. The highest BCUT2D eigenvalue weighted by molar-refractivity contribution is 5.79. The maximum absolute atomic E-state index is 5.45. The van der Waals surface area contributed by atoms with Crippen molar-refractivity contribution in [1.29, 1.82) is 0 Å². The molecule has 0 aromatic carbocycles. The second kappa shape index (κ2) is 8.78. The lowest BCUT2D eigenvalue weighted by Gasteiger charge is -2.24. The van der Waals surface area contributed by atoms with Crippen LogP contribution in [0.15, 0.2) is 17.4 Å². The molecule has 1 unspecified atom stereocenters. The number of guanidine groups is 1. The molecule has 124 valence electrons. The highest BCUT2D eigenvalue weighted by Gasteiger charge is 2.18. The Kier molecular flexibility index (Phi) is 6.71. The number of aromatic nitrogens is 2. The molecule has 6 nitrogen and oxygen atoms in total. The molecule has 1 aromatic rings. The lowest BCUT2D eigenvalue weighted by Crippen LogP contribution is -2.41. The summed E-state index contributed by atoms with van der Waals surface area (Å²) >= 11 is 0. The van der Waals surface area contributed by atoms with Crippen LogP contribution in [0, 0.1) is 12.8 Å². The Morgan fingerprint density at radius 3 is 3.09 bits per heavy atom. The van der Waals surface area contributed by atoms with E-state index in [1.807, 2.05) is 10.9 Å². The van der Waals surface area contributed by atoms with Crippen LogP contribution in [0.25, 0.3) is 0 Å². The molecule has 0 radical (unpaired) electrons. The summed E-state index contributed by atoms with van der Waals surface area (Å²) in [4.78, 5) is 6.95. The monoisotopic (exact) mass is 307 g/mol. The molecule has 1 aliphatic heterocycles. The number of aryl methyl sites for hydroxylation is 2. The summed E-state index contributed by atoms with van der Waals surface area (Å²) in [7, 11) is 2.11. The molecule has 22 heavy (non-hydrogen) atoms. The van der Waals surface area contributed by atoms with Gasteiger partial charge in [-0.15, -0.1) is 0 Å². The van der Waals surface area contributed by atoms with Crippen LogP contribution in [-0.4, -0.2) is 60.5 Å². The number of rotatable bonds is 7. The fourth-order valence-electron chi connectivity index (χ4n) is 2.68. The van der Waals surface area contributed by atoms with E-state index < -0.39 is 0 Å². The van der Waals surface area contributed by atoms with E-state index in [0.29, 0.717) is 5.92 Å². The van der Waals surface area contributed by atoms with Crippen molar-refractivity contribution >= 4 is 5.96 Å². The molecule has 0 saturated carbocycles. The SMILES string of the molecule is CCNC(=NCCCn1cc(C)cn1)N(C)CC1CCOC1. The Labute approximate surface area is 133 Å². The Morgan fingerprint density at radius 1 is 1.59 bits per heavy atom. The zero-order chi connectivity index (χ0) is 15.8. The second-order valence-electron chi connectivity index (χ2n) is 5.98. The molecular weight excluding hydrogens is 278 g/mol. The van der Waals surface area contributed by atoms with Crippen molar-refractivity contribution in [3.63, 3.8) is 0 Å². The van der Waals surface area contributed by atoms with Gasteiger partial charge in [0, 0.05) is 51.9 Å². The largest absolute Gasteiger partial charge is 0.381 e. The molecule has 1 fully saturated rings. The van der Waals surface area contributed by atoms with E-state index in [1.165, 1.54) is 5.56 Å². The first-order valence-electron chi connectivity index (χ1n) is 8.25. The maximum Gasteiger partial charge on any atom is 0.193 e. The number of hydrogen-bond donors (Lipinski definition) is 1. The quantitative estimate of drug-likeness (QED) is 0.471. The molecule has 0 bridgehead atoms. The van der Waals surface area contributed by atoms with E-state index in [2.05, 4.69) is 42.4 Å². The van der Waals surface area contributed by atoms with Crippen LogP contribution in [0.1, 0.15) is 25.3 Å². The zero-order valence-corrected chi connectivity index (χ0v) is 14.1. The van der Waals surface area contributed by atoms with E-state index >= 15 is 0 Å². The van der Waals surface area contributed by atoms with Gasteiger partial charge in [0.15, 0.2) is 5.96 Å². The Bertz CT molecular complexity index is 465. The smallest absolute Gasteiger partial charge is 0.193 e. The van der Waals surface area contributed by atoms with Gasteiger partial charge < -0.3 is 15.0 Å². The number of aliphatic imine (C=N–C) groups is 1. The third-order valence-corrected chi connectivity index (χ3v) is 3.82. The first kappa shape index (κ1) is 16.8. The highest BCUT2D eigenvalue weighted by atomic mass is 16.5. The predicted molar refractivity (Wildman–Crippen MR) is 89.1 cm³/mol. The fraction of sp³-hybridized carbons (Fsp3) is 0.750. The molecule has 1 saturated heterocycles. The standard InChI is InChI=1S/C16H29N5O/c1-4-17-16(20(3)12-15-6-9-22-13-15)18-7-5-8-21-11-14(2)10-19-21/h10-11,15H,4-9,12-13H2,1-3H3,(H,17,18). The molecule has 0 aliphatic carbocycles. The highest BCUT2D eigenvalue weighted by Crippen LogP contribution is 2.13. The fourth-order valence-corrected chi connectivity index (χ4v) is 2.68. The molecule has 1 atom stereocenters. The van der Waals surface area contributed by atoms with E-state index in [9.17, 15) is 0 Å². The molecule has 6 heteroatoms. The van der Waals surface area contributed by atoms with Gasteiger partial charge in [-0.3, -0.25) is 9.67 Å². The summed E-state index contributed by atoms with van der Waals surface area (Å²) < 4.78 is 7.43. The summed E-state index contributed by atoms with van der Waals surface area (Å²) in [6.07, 6.45) is 6.12. The van der Waals surface area contributed by atoms with Gasteiger partial charge in [0.25, 0.3) is 0 Å². The van der Waals surface area contributed by atoms with Crippen molar-refractivity contribution in [2.45, 2.75) is 33.2 Å². The normalized spacial score (nSPS) is 18.7. The van der Waals surface area contributed by atoms with Crippen LogP contribution in [0.2, 0.25) is 0 Å². The average molecular weight is 307 g/mol. The van der Waals surface area contributed by atoms with Gasteiger partial charge >= 0.3 is 0 Å². The van der Waals surface area contributed by atoms with Crippen LogP contribution < -0.4 is 5.32 Å². The lowest BCUT2D eigenvalue weighted by atomic mass is 10.1. The lowest BCUT2D eigenvalue weighted by molar-refractivity contribution is 0.181. The van der Waals surface area contributed by atoms with Crippen molar-refractivity contribution in [2.24, 2.45) is 10.9 Å². The van der Waals surface area contributed by atoms with Crippen LogP contribution in [0.4, 0.5) is 0 Å². The summed E-state index contributed by atoms with van der Waals surface area (Å²) in [6, 6.07) is 0. The van der Waals surface area contributed by atoms with E-state index in [1.54, 1.807) is 0 Å². The predicted octanol–water partition coefficient (Wildman–Crippen LogP) is 1.52. The van der Waals surface area contributed by atoms with Crippen LogP contribution in [-0.2, 0) is 11.3 Å². The van der Waals surface area contributed by atoms with Gasteiger partial charge in [0.2, 0.25) is 0 Å². The Balaban J connectivity index is 1.77. The van der Waals surface area contributed by atoms with Crippen molar-refractivity contribution in [3.05, 3.63) is 18.0 Å². The molecular formula is C16H29N5O. The Morgan fingerprint density at radius 2 is 2.45 bits per heavy atom. The summed E-state index contributed by atoms with van der Waals surface area (Å²) in [5.41, 5.74) is 1.20. The number of hydrogen-bond acceptors (Lipinski definition) is 3. The van der Waals surface area contributed by atoms with Gasteiger partial charge in [-0.05, 0) is 32.3 Å². The minimum Gasteiger partial charge on any atom is -0.381 e. The Hall–Kier alpha value is -1.56. The summed E-state index contributed by atoms with van der Waals surface area (Å²) in [5.74, 6) is 1.62. The van der Waals surface area contributed by atoms with Crippen molar-refractivity contribution in [3.8, 4) is 0 Å². The molecule has 2 heterocycles. The minimum absolute atomic E-state index is 0.626. The molecule has 1 aromatic heterocycles. The van der Waals surface area contributed by atoms with Crippen LogP contribution >= 0.6 is 0 Å². The van der Waals surface area contributed by atoms with Crippen molar-refractivity contribution in [2.75, 3.05) is 39.9 Å². The first-order valence-corrected chi connectivity index (χ1v) is 8.25. The average Bonchev–Trinajstić information content (AvgIpc) is 3.14. The van der Waals surface area contributed by atoms with E-state index in [4.69, 9.17) is 9.73 Å². The number of ether oxygens (including phenoxy) is 1. The van der Waals surface area contributed by atoms with Crippen molar-refractivity contribution in [1.82, 2.24) is 20.0 Å². The van der Waals surface area contributed by atoms with Gasteiger partial charge in [0.1, 0.15) is 0 Å². The van der Waals surface area contributed by atoms with E-state index in [0.717, 1.165) is 58.2 Å². The van der Waals surface area contributed by atoms with Gasteiger partial charge in [0.05, 0.1) is 12.8 Å². The molecule has 1 aliphatic rings. The first-order chi connectivity index (χ1) is 10.7. The number of nitrogens with one attached hydrogen (secondary N) is 1. The summed E-state index contributed by atoms with van der Waals surface area (Å²) in [5, 5.41) is 7.67. The molecule has 1 N–H and O–H groups in total. The topological polar surface area (TPSA) is 54.7 Å². The minimum atomic E-state index is 0.626. The molecule has 0 amide bonds. The third-order valence-electron chi connectivity index (χ3n) is 3.82. The maximum atomic E-state index is 5.45. The van der Waals surface area contributed by atoms with Crippen LogP contribution in [0.3, 0.4) is 0 Å². The van der Waals surface area contributed by atoms with E-state index in [-0.39, 0.29) is 0 Å². The van der Waals surface area contributed by atoms with Crippen LogP contribution in [0.5, 0.6) is 0 Å². The summed E-state index contributed by atoms with van der Waals surface area (Å²) in [6.45, 7) is 9.57. The zero-order valence-electron chi connectivity index (χ0n) is 14.1. The van der Waals surface area contributed by atoms with Gasteiger partial charge in [-0.1, -0.05) is 0 Å². The molecule has 0 spiro atoms. The van der Waals surface area contributed by atoms with Gasteiger partial charge in [-0.2, -0.15) is 5.10 Å². The van der Waals surface area contributed by atoms with Gasteiger partial charge in [-0.25, -0.2) is 0 Å². The molecule has 2 rings (SSSR count). The second-order valence-corrected chi connectivity index (χ2v) is 5.98. The number of nitrogens with zero attached hydrogens (tertiary/aromatic N) is 4.